The molecule has 0 saturated carbocycles. The lowest BCUT2D eigenvalue weighted by Gasteiger charge is -2.28. The molecule has 0 N–H and O–H groups in total. The number of benzene rings is 10. The molecule has 0 amide bonds. The smallest absolute Gasteiger partial charge is 0.137 e. The third-order valence-corrected chi connectivity index (χ3v) is 11.5. The summed E-state index contributed by atoms with van der Waals surface area (Å²) in [4.78, 5) is 2.39. The van der Waals surface area contributed by atoms with Crippen molar-refractivity contribution in [1.29, 1.82) is 0 Å². The van der Waals surface area contributed by atoms with Crippen molar-refractivity contribution in [2.45, 2.75) is 0 Å². The molecule has 0 fully saturated rings. The molecule has 0 aliphatic rings. The second-order valence-corrected chi connectivity index (χ2v) is 14.8. The molecule has 11 aromatic rings. The molecule has 0 atom stereocenters. The fraction of sp³-hybridized carbons (Fsp3) is 0. The lowest BCUT2D eigenvalue weighted by Crippen LogP contribution is -2.11. The number of rotatable bonds is 7. The van der Waals surface area contributed by atoms with Crippen LogP contribution in [-0.4, -0.2) is 0 Å². The number of furan rings is 1. The molecule has 0 unspecified atom stereocenters. The summed E-state index contributed by atoms with van der Waals surface area (Å²) in [6.45, 7) is 0. The monoisotopic (exact) mass is 739 g/mol. The molecule has 1 aromatic heterocycles. The van der Waals surface area contributed by atoms with Crippen LogP contribution in [-0.2, 0) is 0 Å². The van der Waals surface area contributed by atoms with Crippen molar-refractivity contribution in [3.63, 3.8) is 0 Å². The largest absolute Gasteiger partial charge is 0.456 e. The first-order valence-corrected chi connectivity index (χ1v) is 19.8. The van der Waals surface area contributed by atoms with Crippen LogP contribution in [0.5, 0.6) is 0 Å². The van der Waals surface area contributed by atoms with Crippen molar-refractivity contribution in [3.05, 3.63) is 224 Å². The van der Waals surface area contributed by atoms with Gasteiger partial charge in [-0.1, -0.05) is 182 Å². The van der Waals surface area contributed by atoms with Crippen LogP contribution in [0.25, 0.3) is 88.0 Å². The van der Waals surface area contributed by atoms with E-state index >= 15 is 0 Å². The van der Waals surface area contributed by atoms with Gasteiger partial charge in [0.2, 0.25) is 0 Å². The van der Waals surface area contributed by atoms with Gasteiger partial charge in [0.1, 0.15) is 11.2 Å². The Balaban J connectivity index is 1.15. The van der Waals surface area contributed by atoms with Crippen LogP contribution in [0, 0.1) is 0 Å². The Morgan fingerprint density at radius 2 is 0.776 bits per heavy atom. The van der Waals surface area contributed by atoms with Gasteiger partial charge in [-0.3, -0.25) is 0 Å². The predicted octanol–water partition coefficient (Wildman–Crippen LogP) is 16.0. The van der Waals surface area contributed by atoms with E-state index in [-0.39, 0.29) is 0 Å². The van der Waals surface area contributed by atoms with E-state index in [4.69, 9.17) is 4.42 Å². The number of hydrogen-bond donors (Lipinski definition) is 0. The average molecular weight is 740 g/mol. The highest BCUT2D eigenvalue weighted by atomic mass is 16.3. The Bertz CT molecular complexity index is 3270. The molecular formula is C56H37NO. The Kier molecular flexibility index (Phi) is 8.19. The highest BCUT2D eigenvalue weighted by Crippen LogP contribution is 2.48. The van der Waals surface area contributed by atoms with Gasteiger partial charge >= 0.3 is 0 Å². The van der Waals surface area contributed by atoms with Gasteiger partial charge in [0.25, 0.3) is 0 Å². The predicted molar refractivity (Wildman–Crippen MR) is 245 cm³/mol. The van der Waals surface area contributed by atoms with Gasteiger partial charge in [-0.25, -0.2) is 0 Å². The SMILES string of the molecule is c1ccc(-c2ccc(-c3ccccc3N(c3cccc(-c4c(-c5ccccc5)c5ccccc5c5ccccc45)c3)c3ccc4c(c3)oc3ccccc34)cc2)cc1. The highest BCUT2D eigenvalue weighted by Gasteiger charge is 2.22. The van der Waals surface area contributed by atoms with E-state index in [2.05, 4.69) is 217 Å². The summed E-state index contributed by atoms with van der Waals surface area (Å²) >= 11 is 0. The summed E-state index contributed by atoms with van der Waals surface area (Å²) < 4.78 is 6.51. The molecule has 2 nitrogen and oxygen atoms in total. The van der Waals surface area contributed by atoms with Gasteiger partial charge in [-0.2, -0.15) is 0 Å². The van der Waals surface area contributed by atoms with Crippen molar-refractivity contribution in [3.8, 4) is 44.5 Å². The van der Waals surface area contributed by atoms with Crippen molar-refractivity contribution in [1.82, 2.24) is 0 Å². The summed E-state index contributed by atoms with van der Waals surface area (Å²) in [6.07, 6.45) is 0. The Morgan fingerprint density at radius 1 is 0.276 bits per heavy atom. The van der Waals surface area contributed by atoms with Crippen LogP contribution in [0.2, 0.25) is 0 Å². The molecule has 0 aliphatic heterocycles. The number of anilines is 3. The van der Waals surface area contributed by atoms with E-state index in [1.807, 2.05) is 12.1 Å². The van der Waals surface area contributed by atoms with E-state index in [9.17, 15) is 0 Å². The molecular weight excluding hydrogens is 703 g/mol. The van der Waals surface area contributed by atoms with Gasteiger partial charge in [-0.15, -0.1) is 0 Å². The van der Waals surface area contributed by atoms with E-state index in [1.54, 1.807) is 0 Å². The summed E-state index contributed by atoms with van der Waals surface area (Å²) in [6, 6.07) is 80.7. The quantitative estimate of drug-likeness (QED) is 0.151. The number of nitrogens with zero attached hydrogens (tertiary/aromatic N) is 1. The summed E-state index contributed by atoms with van der Waals surface area (Å²) in [5.74, 6) is 0. The first-order chi connectivity index (χ1) is 28.8. The molecule has 272 valence electrons. The molecule has 0 radical (unpaired) electrons. The summed E-state index contributed by atoms with van der Waals surface area (Å²) in [7, 11) is 0. The lowest BCUT2D eigenvalue weighted by molar-refractivity contribution is 0.669. The average Bonchev–Trinajstić information content (AvgIpc) is 3.68. The summed E-state index contributed by atoms with van der Waals surface area (Å²) in [5.41, 5.74) is 14.4. The lowest BCUT2D eigenvalue weighted by atomic mass is 9.85. The number of fused-ring (bicyclic) bond motifs is 6. The number of hydrogen-bond acceptors (Lipinski definition) is 2. The minimum atomic E-state index is 0.858. The fourth-order valence-electron chi connectivity index (χ4n) is 8.81. The van der Waals surface area contributed by atoms with E-state index in [0.29, 0.717) is 0 Å². The molecule has 10 aromatic carbocycles. The van der Waals surface area contributed by atoms with Crippen LogP contribution in [0.1, 0.15) is 0 Å². The van der Waals surface area contributed by atoms with Crippen LogP contribution in [0.15, 0.2) is 229 Å². The van der Waals surface area contributed by atoms with Crippen molar-refractivity contribution in [2.24, 2.45) is 0 Å². The normalized spacial score (nSPS) is 11.4. The molecule has 0 spiro atoms. The van der Waals surface area contributed by atoms with Gasteiger partial charge < -0.3 is 9.32 Å². The van der Waals surface area contributed by atoms with Gasteiger partial charge in [0, 0.05) is 33.8 Å². The standard InChI is InChI=1S/C56H37NO/c1-3-16-38(17-4-1)39-30-32-40(33-31-39)45-22-11-13-28-52(45)57(44-34-35-49-48-25-12-14-29-53(48)58-54(49)37-44)43-21-15-20-42(36-43)56-51-27-10-8-24-47(51)46-23-7-9-26-50(46)55(56)41-18-5-2-6-19-41/h1-37H. The molecule has 58 heavy (non-hydrogen) atoms. The zero-order valence-corrected chi connectivity index (χ0v) is 31.7. The zero-order chi connectivity index (χ0) is 38.4. The van der Waals surface area contributed by atoms with E-state index in [0.717, 1.165) is 55.7 Å². The molecule has 0 saturated heterocycles. The topological polar surface area (TPSA) is 16.4 Å². The first kappa shape index (κ1) is 33.6. The van der Waals surface area contributed by atoms with E-state index < -0.39 is 0 Å². The molecule has 1 heterocycles. The van der Waals surface area contributed by atoms with Crippen molar-refractivity contribution in [2.75, 3.05) is 4.90 Å². The second kappa shape index (κ2) is 14.1. The molecule has 0 bridgehead atoms. The van der Waals surface area contributed by atoms with Crippen LogP contribution in [0.4, 0.5) is 17.1 Å². The Labute approximate surface area is 337 Å². The maximum absolute atomic E-state index is 6.51. The van der Waals surface area contributed by atoms with Crippen LogP contribution in [0.3, 0.4) is 0 Å². The zero-order valence-electron chi connectivity index (χ0n) is 31.7. The minimum Gasteiger partial charge on any atom is -0.456 e. The van der Waals surface area contributed by atoms with Crippen molar-refractivity contribution >= 4 is 60.5 Å². The number of para-hydroxylation sites is 2. The molecule has 2 heteroatoms. The maximum Gasteiger partial charge on any atom is 0.137 e. The van der Waals surface area contributed by atoms with Crippen molar-refractivity contribution < 1.29 is 4.42 Å². The fourth-order valence-corrected chi connectivity index (χ4v) is 8.81. The Hall–Kier alpha value is -7.68. The molecule has 0 aliphatic carbocycles. The Morgan fingerprint density at radius 3 is 1.50 bits per heavy atom. The third-order valence-electron chi connectivity index (χ3n) is 11.5. The van der Waals surface area contributed by atoms with Gasteiger partial charge in [0.15, 0.2) is 0 Å². The minimum absolute atomic E-state index is 0.858. The highest BCUT2D eigenvalue weighted by molar-refractivity contribution is 6.21. The van der Waals surface area contributed by atoms with Gasteiger partial charge in [0.05, 0.1) is 5.69 Å². The first-order valence-electron chi connectivity index (χ1n) is 19.8. The van der Waals surface area contributed by atoms with Crippen LogP contribution >= 0.6 is 0 Å². The van der Waals surface area contributed by atoms with Crippen LogP contribution < -0.4 is 4.90 Å². The summed E-state index contributed by atoms with van der Waals surface area (Å²) in [5, 5.41) is 7.19. The van der Waals surface area contributed by atoms with Gasteiger partial charge in [-0.05, 0) is 96.9 Å². The third kappa shape index (κ3) is 5.74. The second-order valence-electron chi connectivity index (χ2n) is 14.8. The molecule has 11 rings (SSSR count). The maximum atomic E-state index is 6.51. The van der Waals surface area contributed by atoms with E-state index in [1.165, 1.54) is 49.4 Å².